The Morgan fingerprint density at radius 3 is 3.08 bits per heavy atom. The molecule has 1 atom stereocenters. The molecule has 0 fully saturated rings. The van der Waals surface area contributed by atoms with Gasteiger partial charge in [0, 0.05) is 12.6 Å². The fourth-order valence-electron chi connectivity index (χ4n) is 1.36. The third-order valence-corrected chi connectivity index (χ3v) is 2.16. The molecule has 0 N–H and O–H groups in total. The molecule has 0 bridgehead atoms. The van der Waals surface area contributed by atoms with Crippen LogP contribution in [0.15, 0.2) is 29.6 Å². The molecule has 0 aromatic carbocycles. The molecule has 1 aliphatic heterocycles. The van der Waals surface area contributed by atoms with Gasteiger partial charge in [0.15, 0.2) is 6.10 Å². The first kappa shape index (κ1) is 8.23. The minimum absolute atomic E-state index is 0.0381. The van der Waals surface area contributed by atoms with Gasteiger partial charge in [-0.1, -0.05) is 18.1 Å². The summed E-state index contributed by atoms with van der Waals surface area (Å²) in [5.74, 6) is 0. The van der Waals surface area contributed by atoms with Crippen LogP contribution in [0.3, 0.4) is 0 Å². The molecular weight excluding hydrogens is 164 g/mol. The predicted molar refractivity (Wildman–Crippen MR) is 50.4 cm³/mol. The maximum absolute atomic E-state index is 5.27. The molecule has 1 aromatic heterocycles. The Labute approximate surface area is 77.4 Å². The summed E-state index contributed by atoms with van der Waals surface area (Å²) >= 11 is 0. The minimum Gasteiger partial charge on any atom is -0.386 e. The largest absolute Gasteiger partial charge is 0.386 e. The summed E-state index contributed by atoms with van der Waals surface area (Å²) in [5, 5.41) is 3.99. The van der Waals surface area contributed by atoms with Gasteiger partial charge in [-0.25, -0.2) is 0 Å². The minimum atomic E-state index is 0.0381. The lowest BCUT2D eigenvalue weighted by molar-refractivity contribution is 0.0825. The Hall–Kier alpha value is -1.38. The molecule has 2 rings (SSSR count). The van der Waals surface area contributed by atoms with Gasteiger partial charge in [-0.05, 0) is 18.6 Å². The average molecular weight is 176 g/mol. The standard InChI is InChI=1S/C10H12N2O/c1-2-8-7-10(13-12-8)9-5-3-4-6-11-9/h3-6,10H,2,7H2,1H3. The van der Waals surface area contributed by atoms with Crippen molar-refractivity contribution in [2.24, 2.45) is 5.16 Å². The zero-order chi connectivity index (χ0) is 9.10. The topological polar surface area (TPSA) is 34.5 Å². The summed E-state index contributed by atoms with van der Waals surface area (Å²) in [6.45, 7) is 2.09. The Morgan fingerprint density at radius 1 is 1.54 bits per heavy atom. The van der Waals surface area contributed by atoms with Crippen molar-refractivity contribution in [1.29, 1.82) is 0 Å². The van der Waals surface area contributed by atoms with Crippen LogP contribution in [0.5, 0.6) is 0 Å². The average Bonchev–Trinajstić information content (AvgIpc) is 2.67. The quantitative estimate of drug-likeness (QED) is 0.693. The van der Waals surface area contributed by atoms with Crippen LogP contribution in [-0.4, -0.2) is 10.7 Å². The van der Waals surface area contributed by atoms with Gasteiger partial charge in [0.2, 0.25) is 0 Å². The molecule has 0 saturated carbocycles. The lowest BCUT2D eigenvalue weighted by Crippen LogP contribution is -2.00. The van der Waals surface area contributed by atoms with E-state index in [4.69, 9.17) is 4.84 Å². The zero-order valence-electron chi connectivity index (χ0n) is 7.60. The Kier molecular flexibility index (Phi) is 2.25. The number of hydrogen-bond donors (Lipinski definition) is 0. The smallest absolute Gasteiger partial charge is 0.174 e. The first-order valence-electron chi connectivity index (χ1n) is 4.52. The van der Waals surface area contributed by atoms with Gasteiger partial charge in [-0.15, -0.1) is 0 Å². The van der Waals surface area contributed by atoms with E-state index in [9.17, 15) is 0 Å². The van der Waals surface area contributed by atoms with Crippen molar-refractivity contribution in [2.75, 3.05) is 0 Å². The molecule has 1 unspecified atom stereocenters. The first-order valence-corrected chi connectivity index (χ1v) is 4.52. The van der Waals surface area contributed by atoms with E-state index in [2.05, 4.69) is 17.1 Å². The summed E-state index contributed by atoms with van der Waals surface area (Å²) in [5.41, 5.74) is 2.09. The van der Waals surface area contributed by atoms with Gasteiger partial charge in [0.05, 0.1) is 11.4 Å². The van der Waals surface area contributed by atoms with Crippen molar-refractivity contribution in [3.05, 3.63) is 30.1 Å². The van der Waals surface area contributed by atoms with Crippen LogP contribution < -0.4 is 0 Å². The molecule has 0 radical (unpaired) electrons. The molecule has 0 amide bonds. The highest BCUT2D eigenvalue weighted by molar-refractivity contribution is 5.85. The van der Waals surface area contributed by atoms with E-state index in [0.717, 1.165) is 24.2 Å². The monoisotopic (exact) mass is 176 g/mol. The summed E-state index contributed by atoms with van der Waals surface area (Å²) < 4.78 is 0. The Morgan fingerprint density at radius 2 is 2.46 bits per heavy atom. The third kappa shape index (κ3) is 1.69. The van der Waals surface area contributed by atoms with E-state index in [1.165, 1.54) is 0 Å². The van der Waals surface area contributed by atoms with Crippen LogP contribution in [0.25, 0.3) is 0 Å². The highest BCUT2D eigenvalue weighted by Gasteiger charge is 2.22. The van der Waals surface area contributed by atoms with Gasteiger partial charge in [-0.2, -0.15) is 0 Å². The molecule has 13 heavy (non-hydrogen) atoms. The molecule has 2 heterocycles. The number of rotatable bonds is 2. The molecule has 68 valence electrons. The molecule has 0 saturated heterocycles. The Balaban J connectivity index is 2.07. The SMILES string of the molecule is CCC1=NOC(c2ccccn2)C1. The van der Waals surface area contributed by atoms with Crippen LogP contribution in [0.2, 0.25) is 0 Å². The normalized spacial score (nSPS) is 21.0. The van der Waals surface area contributed by atoms with Crippen LogP contribution in [0.4, 0.5) is 0 Å². The molecule has 0 aliphatic carbocycles. The number of nitrogens with zero attached hydrogens (tertiary/aromatic N) is 2. The highest BCUT2D eigenvalue weighted by atomic mass is 16.6. The van der Waals surface area contributed by atoms with Crippen LogP contribution in [0.1, 0.15) is 31.6 Å². The maximum atomic E-state index is 5.27. The third-order valence-electron chi connectivity index (χ3n) is 2.16. The summed E-state index contributed by atoms with van der Waals surface area (Å²) in [7, 11) is 0. The molecule has 3 heteroatoms. The summed E-state index contributed by atoms with van der Waals surface area (Å²) in [4.78, 5) is 9.50. The fraction of sp³-hybridized carbons (Fsp3) is 0.400. The van der Waals surface area contributed by atoms with Crippen molar-refractivity contribution >= 4 is 5.71 Å². The highest BCUT2D eigenvalue weighted by Crippen LogP contribution is 2.25. The van der Waals surface area contributed by atoms with Crippen molar-refractivity contribution < 1.29 is 4.84 Å². The Bertz CT molecular complexity index is 308. The van der Waals surface area contributed by atoms with E-state index in [1.807, 2.05) is 18.2 Å². The first-order chi connectivity index (χ1) is 6.40. The number of oxime groups is 1. The number of aromatic nitrogens is 1. The van der Waals surface area contributed by atoms with Crippen molar-refractivity contribution in [1.82, 2.24) is 4.98 Å². The van der Waals surface area contributed by atoms with Crippen molar-refractivity contribution in [2.45, 2.75) is 25.9 Å². The summed E-state index contributed by atoms with van der Waals surface area (Å²) in [6.07, 6.45) is 3.66. The molecular formula is C10H12N2O. The van der Waals surface area contributed by atoms with Crippen molar-refractivity contribution in [3.63, 3.8) is 0 Å². The van der Waals surface area contributed by atoms with Gasteiger partial charge in [-0.3, -0.25) is 4.98 Å². The number of hydrogen-bond acceptors (Lipinski definition) is 3. The van der Waals surface area contributed by atoms with Gasteiger partial charge in [0.1, 0.15) is 0 Å². The van der Waals surface area contributed by atoms with E-state index in [0.29, 0.717) is 0 Å². The second kappa shape index (κ2) is 3.56. The van der Waals surface area contributed by atoms with Crippen LogP contribution >= 0.6 is 0 Å². The lowest BCUT2D eigenvalue weighted by Gasteiger charge is -2.05. The van der Waals surface area contributed by atoms with E-state index >= 15 is 0 Å². The van der Waals surface area contributed by atoms with Crippen LogP contribution in [0, 0.1) is 0 Å². The van der Waals surface area contributed by atoms with Crippen molar-refractivity contribution in [3.8, 4) is 0 Å². The number of pyridine rings is 1. The summed E-state index contributed by atoms with van der Waals surface area (Å²) in [6, 6.07) is 5.84. The van der Waals surface area contributed by atoms with E-state index in [-0.39, 0.29) is 6.10 Å². The fourth-order valence-corrected chi connectivity index (χ4v) is 1.36. The molecule has 1 aliphatic rings. The van der Waals surface area contributed by atoms with Crippen LogP contribution in [-0.2, 0) is 4.84 Å². The van der Waals surface area contributed by atoms with Gasteiger partial charge < -0.3 is 4.84 Å². The van der Waals surface area contributed by atoms with E-state index in [1.54, 1.807) is 6.20 Å². The van der Waals surface area contributed by atoms with Gasteiger partial charge in [0.25, 0.3) is 0 Å². The molecule has 3 nitrogen and oxygen atoms in total. The maximum Gasteiger partial charge on any atom is 0.174 e. The molecule has 1 aromatic rings. The predicted octanol–water partition coefficient (Wildman–Crippen LogP) is 2.31. The second-order valence-electron chi connectivity index (χ2n) is 3.06. The second-order valence-corrected chi connectivity index (χ2v) is 3.06. The molecule has 0 spiro atoms. The van der Waals surface area contributed by atoms with E-state index < -0.39 is 0 Å². The zero-order valence-corrected chi connectivity index (χ0v) is 7.60. The lowest BCUT2D eigenvalue weighted by atomic mass is 10.1. The van der Waals surface area contributed by atoms with Gasteiger partial charge >= 0.3 is 0 Å².